The molecule has 1 unspecified atom stereocenters. The lowest BCUT2D eigenvalue weighted by Gasteiger charge is -2.19. The van der Waals surface area contributed by atoms with Gasteiger partial charge in [0.1, 0.15) is 0 Å². The van der Waals surface area contributed by atoms with E-state index in [-0.39, 0.29) is 0 Å². The highest BCUT2D eigenvalue weighted by molar-refractivity contribution is 4.79. The smallest absolute Gasteiger partial charge is 0.00514 e. The van der Waals surface area contributed by atoms with Gasteiger partial charge in [0.25, 0.3) is 0 Å². The van der Waals surface area contributed by atoms with Crippen molar-refractivity contribution in [1.82, 2.24) is 4.90 Å². The Morgan fingerprint density at radius 3 is 2.67 bits per heavy atom. The van der Waals surface area contributed by atoms with Crippen LogP contribution in [0.25, 0.3) is 0 Å². The summed E-state index contributed by atoms with van der Waals surface area (Å²) in [5.41, 5.74) is 5.92. The third-order valence-electron chi connectivity index (χ3n) is 3.08. The zero-order valence-electron chi connectivity index (χ0n) is 7.84. The molecule has 1 atom stereocenters. The first-order valence-corrected chi connectivity index (χ1v) is 5.32. The van der Waals surface area contributed by atoms with E-state index in [2.05, 4.69) is 4.90 Å². The first-order chi connectivity index (χ1) is 5.84. The molecule has 2 N–H and O–H groups in total. The number of nitrogens with zero attached hydrogens (tertiary/aromatic N) is 1. The van der Waals surface area contributed by atoms with Crippen molar-refractivity contribution in [3.05, 3.63) is 0 Å². The second-order valence-electron chi connectivity index (χ2n) is 4.43. The molecule has 0 radical (unpaired) electrons. The number of nitrogens with two attached hydrogens (primary N) is 1. The maximum Gasteiger partial charge on any atom is 0.00514 e. The Morgan fingerprint density at radius 2 is 1.92 bits per heavy atom. The zero-order valence-corrected chi connectivity index (χ0v) is 7.84. The molecule has 2 heteroatoms. The summed E-state index contributed by atoms with van der Waals surface area (Å²) < 4.78 is 0. The van der Waals surface area contributed by atoms with E-state index in [9.17, 15) is 0 Å². The van der Waals surface area contributed by atoms with Crippen LogP contribution in [0.2, 0.25) is 0 Å². The van der Waals surface area contributed by atoms with E-state index < -0.39 is 0 Å². The van der Waals surface area contributed by atoms with Gasteiger partial charge in [-0.3, -0.25) is 0 Å². The number of likely N-dealkylation sites (tertiary alicyclic amines) is 1. The third-order valence-corrected chi connectivity index (χ3v) is 3.08. The van der Waals surface area contributed by atoms with Crippen molar-refractivity contribution in [3.63, 3.8) is 0 Å². The molecule has 0 aromatic carbocycles. The highest BCUT2D eigenvalue weighted by atomic mass is 15.1. The van der Waals surface area contributed by atoms with Gasteiger partial charge in [0.2, 0.25) is 0 Å². The Balaban J connectivity index is 1.73. The van der Waals surface area contributed by atoms with E-state index in [1.54, 1.807) is 0 Å². The lowest BCUT2D eigenvalue weighted by atomic mass is 10.1. The molecule has 0 amide bonds. The highest BCUT2D eigenvalue weighted by Gasteiger charge is 2.25. The average Bonchev–Trinajstić information content (AvgIpc) is 2.83. The summed E-state index contributed by atoms with van der Waals surface area (Å²) in [5.74, 6) is 1.04. The summed E-state index contributed by atoms with van der Waals surface area (Å²) in [4.78, 5) is 2.62. The van der Waals surface area contributed by atoms with Crippen molar-refractivity contribution in [2.75, 3.05) is 19.6 Å². The van der Waals surface area contributed by atoms with Gasteiger partial charge in [-0.25, -0.2) is 0 Å². The molecular weight excluding hydrogens is 148 g/mol. The topological polar surface area (TPSA) is 29.3 Å². The largest absolute Gasteiger partial charge is 0.328 e. The normalized spacial score (nSPS) is 33.2. The summed E-state index contributed by atoms with van der Waals surface area (Å²) in [6.07, 6.45) is 6.72. The molecule has 70 valence electrons. The van der Waals surface area contributed by atoms with E-state index in [0.717, 1.165) is 5.92 Å². The van der Waals surface area contributed by atoms with Gasteiger partial charge in [-0.2, -0.15) is 0 Å². The van der Waals surface area contributed by atoms with Gasteiger partial charge in [-0.1, -0.05) is 0 Å². The van der Waals surface area contributed by atoms with Crippen molar-refractivity contribution in [2.24, 2.45) is 11.7 Å². The van der Waals surface area contributed by atoms with Crippen molar-refractivity contribution in [1.29, 1.82) is 0 Å². The standard InChI is InChI=1S/C10H20N2/c11-10-2-1-6-12(7-5-10)8-9-3-4-9/h9-10H,1-8,11H2. The number of rotatable bonds is 2. The predicted molar refractivity (Wildman–Crippen MR) is 51.0 cm³/mol. The molecule has 0 spiro atoms. The molecule has 12 heavy (non-hydrogen) atoms. The fourth-order valence-corrected chi connectivity index (χ4v) is 2.03. The van der Waals surface area contributed by atoms with Crippen LogP contribution in [-0.4, -0.2) is 30.6 Å². The average molecular weight is 168 g/mol. The van der Waals surface area contributed by atoms with Gasteiger partial charge in [0, 0.05) is 12.6 Å². The number of hydrogen-bond donors (Lipinski definition) is 1. The summed E-state index contributed by atoms with van der Waals surface area (Å²) in [7, 11) is 0. The highest BCUT2D eigenvalue weighted by Crippen LogP contribution is 2.30. The fraction of sp³-hybridized carbons (Fsp3) is 1.00. The van der Waals surface area contributed by atoms with E-state index >= 15 is 0 Å². The summed E-state index contributed by atoms with van der Waals surface area (Å²) in [6.45, 7) is 3.90. The molecule has 1 saturated heterocycles. The van der Waals surface area contributed by atoms with Crippen molar-refractivity contribution >= 4 is 0 Å². The van der Waals surface area contributed by atoms with Gasteiger partial charge in [0.15, 0.2) is 0 Å². The maximum absolute atomic E-state index is 5.92. The molecule has 2 fully saturated rings. The molecule has 1 heterocycles. The second kappa shape index (κ2) is 3.75. The third kappa shape index (κ3) is 2.46. The van der Waals surface area contributed by atoms with Crippen LogP contribution in [-0.2, 0) is 0 Å². The van der Waals surface area contributed by atoms with Gasteiger partial charge in [0.05, 0.1) is 0 Å². The van der Waals surface area contributed by atoms with E-state index in [1.807, 2.05) is 0 Å². The second-order valence-corrected chi connectivity index (χ2v) is 4.43. The Labute approximate surface area is 75.1 Å². The van der Waals surface area contributed by atoms with Crippen molar-refractivity contribution < 1.29 is 0 Å². The van der Waals surface area contributed by atoms with Crippen LogP contribution in [0.1, 0.15) is 32.1 Å². The minimum Gasteiger partial charge on any atom is -0.328 e. The predicted octanol–water partition coefficient (Wildman–Crippen LogP) is 1.21. The molecule has 0 bridgehead atoms. The Morgan fingerprint density at radius 1 is 1.08 bits per heavy atom. The van der Waals surface area contributed by atoms with Crippen LogP contribution in [0.5, 0.6) is 0 Å². The molecule has 1 aliphatic carbocycles. The quantitative estimate of drug-likeness (QED) is 0.671. The van der Waals surface area contributed by atoms with Crippen LogP contribution < -0.4 is 5.73 Å². The molecule has 1 saturated carbocycles. The monoisotopic (exact) mass is 168 g/mol. The lowest BCUT2D eigenvalue weighted by Crippen LogP contribution is -2.28. The molecule has 1 aliphatic heterocycles. The van der Waals surface area contributed by atoms with Crippen LogP contribution in [0.4, 0.5) is 0 Å². The van der Waals surface area contributed by atoms with E-state index in [4.69, 9.17) is 5.73 Å². The number of hydrogen-bond acceptors (Lipinski definition) is 2. The van der Waals surface area contributed by atoms with Gasteiger partial charge in [-0.05, 0) is 51.1 Å². The Hall–Kier alpha value is -0.0800. The van der Waals surface area contributed by atoms with E-state index in [1.165, 1.54) is 51.7 Å². The van der Waals surface area contributed by atoms with Gasteiger partial charge >= 0.3 is 0 Å². The molecule has 0 aromatic heterocycles. The molecule has 2 aliphatic rings. The maximum atomic E-state index is 5.92. The zero-order chi connectivity index (χ0) is 8.39. The Kier molecular flexibility index (Phi) is 2.66. The minimum absolute atomic E-state index is 0.481. The van der Waals surface area contributed by atoms with Crippen LogP contribution in [0, 0.1) is 5.92 Å². The first kappa shape index (κ1) is 8.52. The van der Waals surface area contributed by atoms with Crippen LogP contribution in [0.3, 0.4) is 0 Å². The SMILES string of the molecule is NC1CCCN(CC2CC2)CC1. The molecule has 0 aromatic rings. The molecular formula is C10H20N2. The summed E-state index contributed by atoms with van der Waals surface area (Å²) in [5, 5.41) is 0. The van der Waals surface area contributed by atoms with Crippen molar-refractivity contribution in [3.8, 4) is 0 Å². The first-order valence-electron chi connectivity index (χ1n) is 5.32. The van der Waals surface area contributed by atoms with Gasteiger partial charge in [-0.15, -0.1) is 0 Å². The van der Waals surface area contributed by atoms with Gasteiger partial charge < -0.3 is 10.6 Å². The Bertz CT molecular complexity index is 143. The summed E-state index contributed by atoms with van der Waals surface area (Å²) in [6, 6.07) is 0.481. The van der Waals surface area contributed by atoms with Crippen LogP contribution in [0.15, 0.2) is 0 Å². The van der Waals surface area contributed by atoms with Crippen LogP contribution >= 0.6 is 0 Å². The molecule has 2 rings (SSSR count). The van der Waals surface area contributed by atoms with Crippen molar-refractivity contribution in [2.45, 2.75) is 38.1 Å². The lowest BCUT2D eigenvalue weighted by molar-refractivity contribution is 0.272. The molecule has 2 nitrogen and oxygen atoms in total. The minimum atomic E-state index is 0.481. The summed E-state index contributed by atoms with van der Waals surface area (Å²) >= 11 is 0. The van der Waals surface area contributed by atoms with E-state index in [0.29, 0.717) is 6.04 Å². The fourth-order valence-electron chi connectivity index (χ4n) is 2.03.